The molecule has 0 radical (unpaired) electrons. The first kappa shape index (κ1) is 29.6. The molecule has 1 unspecified atom stereocenters. The fourth-order valence-electron chi connectivity index (χ4n) is 3.80. The summed E-state index contributed by atoms with van der Waals surface area (Å²) in [7, 11) is 0. The molecular formula is C32H27ClFN3O3S. The van der Waals surface area contributed by atoms with Crippen molar-refractivity contribution in [3.8, 4) is 0 Å². The summed E-state index contributed by atoms with van der Waals surface area (Å²) in [6.07, 6.45) is 1.84. The number of carbonyl (C=O) groups excluding carboxylic acids is 3. The lowest BCUT2D eigenvalue weighted by atomic mass is 10.1. The number of halogens is 2. The van der Waals surface area contributed by atoms with E-state index in [0.29, 0.717) is 28.4 Å². The predicted molar refractivity (Wildman–Crippen MR) is 163 cm³/mol. The third kappa shape index (κ3) is 8.30. The molecule has 0 aliphatic rings. The number of amides is 3. The molecule has 4 aromatic rings. The van der Waals surface area contributed by atoms with E-state index in [2.05, 4.69) is 16.0 Å². The molecule has 0 spiro atoms. The summed E-state index contributed by atoms with van der Waals surface area (Å²) in [5, 5.41) is 8.27. The minimum atomic E-state index is -0.636. The zero-order valence-electron chi connectivity index (χ0n) is 22.1. The number of para-hydroxylation sites is 1. The van der Waals surface area contributed by atoms with Crippen LogP contribution in [0.3, 0.4) is 0 Å². The average Bonchev–Trinajstić information content (AvgIpc) is 2.98. The van der Waals surface area contributed by atoms with Gasteiger partial charge in [0.15, 0.2) is 0 Å². The van der Waals surface area contributed by atoms with Gasteiger partial charge < -0.3 is 16.0 Å². The first-order valence-corrected chi connectivity index (χ1v) is 14.1. The molecule has 4 rings (SSSR count). The van der Waals surface area contributed by atoms with E-state index in [1.165, 1.54) is 36.0 Å². The van der Waals surface area contributed by atoms with Gasteiger partial charge in [-0.3, -0.25) is 14.4 Å². The highest BCUT2D eigenvalue weighted by molar-refractivity contribution is 8.00. The fourth-order valence-corrected chi connectivity index (χ4v) is 4.99. The van der Waals surface area contributed by atoms with Crippen LogP contribution in [0.5, 0.6) is 0 Å². The van der Waals surface area contributed by atoms with E-state index in [-0.39, 0.29) is 17.2 Å². The summed E-state index contributed by atoms with van der Waals surface area (Å²) in [6, 6.07) is 28.4. The Morgan fingerprint density at radius 1 is 0.878 bits per heavy atom. The number of nitrogens with one attached hydrogen (secondary N) is 3. The Kier molecular flexibility index (Phi) is 10.3. The predicted octanol–water partition coefficient (Wildman–Crippen LogP) is 7.40. The van der Waals surface area contributed by atoms with Gasteiger partial charge in [-0.2, -0.15) is 0 Å². The van der Waals surface area contributed by atoms with Gasteiger partial charge in [-0.25, -0.2) is 4.39 Å². The molecule has 4 aromatic carbocycles. The first-order valence-electron chi connectivity index (χ1n) is 12.8. The lowest BCUT2D eigenvalue weighted by Gasteiger charge is -2.16. The molecule has 0 saturated carbocycles. The monoisotopic (exact) mass is 587 g/mol. The third-order valence-electron chi connectivity index (χ3n) is 5.90. The van der Waals surface area contributed by atoms with Crippen molar-refractivity contribution in [1.29, 1.82) is 0 Å². The Hall–Kier alpha value is -4.40. The Balaban J connectivity index is 1.51. The van der Waals surface area contributed by atoms with Crippen molar-refractivity contribution in [3.05, 3.63) is 131 Å². The second-order valence-corrected chi connectivity index (χ2v) is 10.5. The topological polar surface area (TPSA) is 87.3 Å². The smallest absolute Gasteiger partial charge is 0.272 e. The van der Waals surface area contributed by atoms with Gasteiger partial charge in [0.2, 0.25) is 5.91 Å². The van der Waals surface area contributed by atoms with E-state index >= 15 is 0 Å². The maximum absolute atomic E-state index is 14.4. The number of benzene rings is 4. The molecule has 0 heterocycles. The summed E-state index contributed by atoms with van der Waals surface area (Å²) >= 11 is 7.53. The molecule has 3 N–H and O–H groups in total. The molecule has 208 valence electrons. The van der Waals surface area contributed by atoms with E-state index < -0.39 is 22.9 Å². The van der Waals surface area contributed by atoms with E-state index in [1.54, 1.807) is 78.9 Å². The van der Waals surface area contributed by atoms with Crippen LogP contribution in [0.4, 0.5) is 15.8 Å². The van der Waals surface area contributed by atoms with Gasteiger partial charge in [0.05, 0.1) is 16.0 Å². The number of anilines is 2. The minimum Gasteiger partial charge on any atom is -0.324 e. The number of hydrogen-bond donors (Lipinski definition) is 3. The molecule has 9 heteroatoms. The van der Waals surface area contributed by atoms with E-state index in [9.17, 15) is 18.8 Å². The molecule has 0 saturated heterocycles. The standard InChI is InChI=1S/C32H27ClFN3O3S/c1-2-29(32(40)36-27-18-9-7-16-25(27)33)41-24-15-10-14-23(20-24)35-31(39)28(19-22-13-6-8-17-26(22)34)37-30(38)21-11-4-3-5-12-21/h3-20,29H,2H2,1H3,(H,35,39)(H,36,40)(H,37,38)/b28-19-. The van der Waals surface area contributed by atoms with Crippen LogP contribution in [0.1, 0.15) is 29.3 Å². The minimum absolute atomic E-state index is 0.132. The SMILES string of the molecule is CCC(Sc1cccc(NC(=O)/C(=C/c2ccccc2F)NC(=O)c2ccccc2)c1)C(=O)Nc1ccccc1Cl. The second-order valence-electron chi connectivity index (χ2n) is 8.87. The second kappa shape index (κ2) is 14.3. The largest absolute Gasteiger partial charge is 0.324 e. The van der Waals surface area contributed by atoms with Crippen LogP contribution in [0.15, 0.2) is 114 Å². The highest BCUT2D eigenvalue weighted by Gasteiger charge is 2.20. The Bertz CT molecular complexity index is 1580. The van der Waals surface area contributed by atoms with Crippen LogP contribution in [0, 0.1) is 5.82 Å². The van der Waals surface area contributed by atoms with Crippen molar-refractivity contribution < 1.29 is 18.8 Å². The fraction of sp³-hybridized carbons (Fsp3) is 0.0938. The molecule has 0 aliphatic heterocycles. The van der Waals surface area contributed by atoms with Crippen LogP contribution in [0.2, 0.25) is 5.02 Å². The lowest BCUT2D eigenvalue weighted by molar-refractivity contribution is -0.116. The quantitative estimate of drug-likeness (QED) is 0.133. The molecule has 0 aromatic heterocycles. The van der Waals surface area contributed by atoms with E-state index in [1.807, 2.05) is 13.0 Å². The van der Waals surface area contributed by atoms with Gasteiger partial charge in [0.25, 0.3) is 11.8 Å². The molecule has 0 bridgehead atoms. The number of carbonyl (C=O) groups is 3. The Morgan fingerprint density at radius 2 is 1.59 bits per heavy atom. The third-order valence-corrected chi connectivity index (χ3v) is 7.59. The van der Waals surface area contributed by atoms with Gasteiger partial charge >= 0.3 is 0 Å². The Labute approximate surface area is 247 Å². The zero-order chi connectivity index (χ0) is 29.2. The first-order chi connectivity index (χ1) is 19.8. The zero-order valence-corrected chi connectivity index (χ0v) is 23.6. The van der Waals surface area contributed by atoms with Gasteiger partial charge in [0.1, 0.15) is 11.5 Å². The summed E-state index contributed by atoms with van der Waals surface area (Å²) in [5.41, 5.74) is 1.33. The maximum atomic E-state index is 14.4. The highest BCUT2D eigenvalue weighted by Crippen LogP contribution is 2.30. The number of rotatable bonds is 10. The lowest BCUT2D eigenvalue weighted by Crippen LogP contribution is -2.30. The molecular weight excluding hydrogens is 561 g/mol. The number of hydrogen-bond acceptors (Lipinski definition) is 4. The van der Waals surface area contributed by atoms with Crippen molar-refractivity contribution in [2.75, 3.05) is 10.6 Å². The Morgan fingerprint density at radius 3 is 2.32 bits per heavy atom. The summed E-state index contributed by atoms with van der Waals surface area (Å²) in [4.78, 5) is 39.8. The summed E-state index contributed by atoms with van der Waals surface area (Å²) in [6.45, 7) is 1.91. The summed E-state index contributed by atoms with van der Waals surface area (Å²) < 4.78 is 14.4. The van der Waals surface area contributed by atoms with Gasteiger partial charge in [-0.05, 0) is 61.0 Å². The molecule has 1 atom stereocenters. The number of thioether (sulfide) groups is 1. The average molecular weight is 588 g/mol. The maximum Gasteiger partial charge on any atom is 0.272 e. The molecule has 6 nitrogen and oxygen atoms in total. The molecule has 41 heavy (non-hydrogen) atoms. The molecule has 0 aliphatic carbocycles. The van der Waals surface area contributed by atoms with Crippen molar-refractivity contribution in [2.45, 2.75) is 23.5 Å². The molecule has 3 amide bonds. The van der Waals surface area contributed by atoms with Crippen LogP contribution in [-0.4, -0.2) is 23.0 Å². The van der Waals surface area contributed by atoms with Crippen LogP contribution < -0.4 is 16.0 Å². The normalized spacial score (nSPS) is 11.8. The van der Waals surface area contributed by atoms with Crippen LogP contribution in [-0.2, 0) is 9.59 Å². The van der Waals surface area contributed by atoms with Crippen LogP contribution in [0.25, 0.3) is 6.08 Å². The van der Waals surface area contributed by atoms with Crippen LogP contribution >= 0.6 is 23.4 Å². The van der Waals surface area contributed by atoms with Crippen molar-refractivity contribution >= 4 is 58.5 Å². The molecule has 0 fully saturated rings. The van der Waals surface area contributed by atoms with Gasteiger partial charge in [-0.1, -0.05) is 73.1 Å². The highest BCUT2D eigenvalue weighted by atomic mass is 35.5. The van der Waals surface area contributed by atoms with Crippen molar-refractivity contribution in [1.82, 2.24) is 5.32 Å². The van der Waals surface area contributed by atoms with Gasteiger partial charge in [-0.15, -0.1) is 11.8 Å². The van der Waals surface area contributed by atoms with E-state index in [4.69, 9.17) is 11.6 Å². The summed E-state index contributed by atoms with van der Waals surface area (Å²) in [5.74, 6) is -1.88. The van der Waals surface area contributed by atoms with Gasteiger partial charge in [0, 0.05) is 21.7 Å². The van der Waals surface area contributed by atoms with E-state index in [0.717, 1.165) is 4.90 Å². The van der Waals surface area contributed by atoms with Crippen molar-refractivity contribution in [2.24, 2.45) is 0 Å². The van der Waals surface area contributed by atoms with Crippen molar-refractivity contribution in [3.63, 3.8) is 0 Å².